The molecule has 7 nitrogen and oxygen atoms in total. The summed E-state index contributed by atoms with van der Waals surface area (Å²) in [5, 5.41) is 22.2. The minimum Gasteiger partial charge on any atom is -0.486 e. The van der Waals surface area contributed by atoms with Crippen LogP contribution >= 0.6 is 0 Å². The maximum absolute atomic E-state index is 10.1. The van der Waals surface area contributed by atoms with E-state index >= 15 is 0 Å². The molecule has 2 heterocycles. The third kappa shape index (κ3) is 4.02. The molecule has 0 unspecified atom stereocenters. The quantitative estimate of drug-likeness (QED) is 0.433. The first-order valence-electron chi connectivity index (χ1n) is 10.8. The lowest BCUT2D eigenvalue weighted by atomic mass is 9.95. The molecule has 0 fully saturated rings. The number of aliphatic hydroxyl groups is 1. The van der Waals surface area contributed by atoms with Gasteiger partial charge in [0.1, 0.15) is 24.8 Å². The van der Waals surface area contributed by atoms with Gasteiger partial charge in [-0.05, 0) is 47.9 Å². The number of ether oxygens (including phenoxy) is 2. The van der Waals surface area contributed by atoms with Crippen LogP contribution in [0.25, 0.3) is 33.7 Å². The average Bonchev–Trinajstić information content (AvgIpc) is 3.28. The molecule has 1 aromatic heterocycles. The minimum absolute atomic E-state index is 0.0893. The summed E-state index contributed by atoms with van der Waals surface area (Å²) < 4.78 is 17.5. The van der Waals surface area contributed by atoms with E-state index < -0.39 is 0 Å². The summed E-state index contributed by atoms with van der Waals surface area (Å²) >= 11 is 0. The van der Waals surface area contributed by atoms with Crippen LogP contribution in [0.1, 0.15) is 16.7 Å². The van der Waals surface area contributed by atoms with Crippen LogP contribution in [-0.4, -0.2) is 36.5 Å². The molecule has 5 rings (SSSR count). The van der Waals surface area contributed by atoms with Gasteiger partial charge in [0, 0.05) is 18.7 Å². The number of hydrogen-bond donors (Lipinski definition) is 2. The summed E-state index contributed by atoms with van der Waals surface area (Å²) in [6, 6.07) is 17.7. The molecule has 166 valence electrons. The Labute approximate surface area is 191 Å². The zero-order chi connectivity index (χ0) is 22.8. The Morgan fingerprint density at radius 3 is 2.70 bits per heavy atom. The predicted molar refractivity (Wildman–Crippen MR) is 124 cm³/mol. The first-order chi connectivity index (χ1) is 16.2. The monoisotopic (exact) mass is 441 g/mol. The van der Waals surface area contributed by atoms with Crippen molar-refractivity contribution in [1.82, 2.24) is 10.3 Å². The smallest absolute Gasteiger partial charge is 0.228 e. The molecule has 4 aromatic rings. The molecule has 0 saturated carbocycles. The van der Waals surface area contributed by atoms with Gasteiger partial charge >= 0.3 is 0 Å². The van der Waals surface area contributed by atoms with Crippen molar-refractivity contribution in [2.45, 2.75) is 13.5 Å². The van der Waals surface area contributed by atoms with E-state index in [-0.39, 0.29) is 6.61 Å². The number of fused-ring (bicyclic) bond motifs is 2. The van der Waals surface area contributed by atoms with Gasteiger partial charge in [0.15, 0.2) is 17.1 Å². The largest absolute Gasteiger partial charge is 0.486 e. The van der Waals surface area contributed by atoms with Gasteiger partial charge in [0.05, 0.1) is 17.7 Å². The van der Waals surface area contributed by atoms with Crippen LogP contribution < -0.4 is 14.8 Å². The molecule has 3 aromatic carbocycles. The third-order valence-electron chi connectivity index (χ3n) is 5.61. The standard InChI is InChI=1S/C26H23N3O4/c1-16-11-17(15-28-7-8-30)12-22-25(16)33-26(29-22)20-4-2-3-19(21(20)14-27)18-5-6-23-24(13-18)32-10-9-31-23/h2-6,11-13,28,30H,7-10,15H2,1H3. The van der Waals surface area contributed by atoms with E-state index in [2.05, 4.69) is 11.4 Å². The van der Waals surface area contributed by atoms with Crippen molar-refractivity contribution in [3.63, 3.8) is 0 Å². The SMILES string of the molecule is Cc1cc(CNCCO)cc2nc(-c3cccc(-c4ccc5c(c4)OCCO5)c3C#N)oc12. The maximum Gasteiger partial charge on any atom is 0.228 e. The first-order valence-corrected chi connectivity index (χ1v) is 10.8. The number of nitriles is 1. The lowest BCUT2D eigenvalue weighted by Gasteiger charge is -2.19. The highest BCUT2D eigenvalue weighted by Crippen LogP contribution is 2.38. The van der Waals surface area contributed by atoms with Gasteiger partial charge in [0.25, 0.3) is 0 Å². The molecule has 1 aliphatic rings. The molecule has 33 heavy (non-hydrogen) atoms. The van der Waals surface area contributed by atoms with Gasteiger partial charge in [-0.3, -0.25) is 0 Å². The van der Waals surface area contributed by atoms with Crippen LogP contribution in [0.15, 0.2) is 52.9 Å². The molecule has 2 N–H and O–H groups in total. The van der Waals surface area contributed by atoms with Crippen molar-refractivity contribution >= 4 is 11.1 Å². The number of aromatic nitrogens is 1. The van der Waals surface area contributed by atoms with Crippen molar-refractivity contribution in [2.24, 2.45) is 0 Å². The molecular weight excluding hydrogens is 418 g/mol. The maximum atomic E-state index is 10.1. The molecule has 7 heteroatoms. The molecule has 0 aliphatic carbocycles. The van der Waals surface area contributed by atoms with E-state index in [9.17, 15) is 5.26 Å². The van der Waals surface area contributed by atoms with Crippen LogP contribution in [0.4, 0.5) is 0 Å². The molecule has 0 amide bonds. The number of aryl methyl sites for hydroxylation is 1. The summed E-state index contributed by atoms with van der Waals surface area (Å²) in [5.41, 5.74) is 6.22. The lowest BCUT2D eigenvalue weighted by molar-refractivity contribution is 0.171. The number of aliphatic hydroxyl groups excluding tert-OH is 1. The first kappa shape index (κ1) is 21.0. The van der Waals surface area contributed by atoms with E-state index in [4.69, 9.17) is 24.0 Å². The number of nitrogens with one attached hydrogen (secondary N) is 1. The Kier molecular flexibility index (Phi) is 5.69. The number of nitrogens with zero attached hydrogens (tertiary/aromatic N) is 2. The van der Waals surface area contributed by atoms with Crippen LogP contribution in [0.3, 0.4) is 0 Å². The Bertz CT molecular complexity index is 1370. The van der Waals surface area contributed by atoms with Gasteiger partial charge in [0.2, 0.25) is 5.89 Å². The van der Waals surface area contributed by atoms with E-state index in [1.807, 2.05) is 55.5 Å². The summed E-state index contributed by atoms with van der Waals surface area (Å²) in [6.45, 7) is 4.25. The molecule has 1 aliphatic heterocycles. The van der Waals surface area contributed by atoms with Crippen molar-refractivity contribution in [3.05, 3.63) is 65.2 Å². The Morgan fingerprint density at radius 1 is 1.06 bits per heavy atom. The normalized spacial score (nSPS) is 12.6. The Balaban J connectivity index is 1.56. The minimum atomic E-state index is 0.0893. The number of oxazole rings is 1. The van der Waals surface area contributed by atoms with Crippen LogP contribution in [0.2, 0.25) is 0 Å². The topological polar surface area (TPSA) is 101 Å². The fraction of sp³-hybridized carbons (Fsp3) is 0.231. The van der Waals surface area contributed by atoms with E-state index in [1.54, 1.807) is 0 Å². The fourth-order valence-electron chi connectivity index (χ4n) is 4.10. The average molecular weight is 441 g/mol. The highest BCUT2D eigenvalue weighted by molar-refractivity contribution is 5.84. The Hall–Kier alpha value is -3.86. The van der Waals surface area contributed by atoms with Crippen molar-refractivity contribution in [1.29, 1.82) is 5.26 Å². The molecule has 0 saturated heterocycles. The van der Waals surface area contributed by atoms with Gasteiger partial charge < -0.3 is 24.3 Å². The zero-order valence-corrected chi connectivity index (χ0v) is 18.2. The molecule has 0 bridgehead atoms. The molecule has 0 atom stereocenters. The number of benzene rings is 3. The highest BCUT2D eigenvalue weighted by atomic mass is 16.6. The molecule has 0 radical (unpaired) electrons. The highest BCUT2D eigenvalue weighted by Gasteiger charge is 2.19. The second kappa shape index (κ2) is 8.94. The number of rotatable bonds is 6. The van der Waals surface area contributed by atoms with Gasteiger partial charge in [-0.2, -0.15) is 5.26 Å². The second-order valence-corrected chi connectivity index (χ2v) is 7.88. The summed E-state index contributed by atoms with van der Waals surface area (Å²) in [7, 11) is 0. The summed E-state index contributed by atoms with van der Waals surface area (Å²) in [5.74, 6) is 1.79. The van der Waals surface area contributed by atoms with E-state index in [0.717, 1.165) is 27.8 Å². The summed E-state index contributed by atoms with van der Waals surface area (Å²) in [6.07, 6.45) is 0. The van der Waals surface area contributed by atoms with Gasteiger partial charge in [-0.15, -0.1) is 0 Å². The van der Waals surface area contributed by atoms with Crippen molar-refractivity contribution < 1.29 is 19.0 Å². The molecule has 0 spiro atoms. The second-order valence-electron chi connectivity index (χ2n) is 7.88. The van der Waals surface area contributed by atoms with Gasteiger partial charge in [-0.1, -0.05) is 24.3 Å². The number of hydrogen-bond acceptors (Lipinski definition) is 7. The Morgan fingerprint density at radius 2 is 1.88 bits per heavy atom. The fourth-order valence-corrected chi connectivity index (χ4v) is 4.10. The van der Waals surface area contributed by atoms with Crippen LogP contribution in [0.5, 0.6) is 11.5 Å². The zero-order valence-electron chi connectivity index (χ0n) is 18.2. The van der Waals surface area contributed by atoms with Crippen molar-refractivity contribution in [3.8, 4) is 40.1 Å². The van der Waals surface area contributed by atoms with E-state index in [1.165, 1.54) is 0 Å². The van der Waals surface area contributed by atoms with Crippen LogP contribution in [0, 0.1) is 18.3 Å². The van der Waals surface area contributed by atoms with Crippen LogP contribution in [-0.2, 0) is 6.54 Å². The predicted octanol–water partition coefficient (Wildman–Crippen LogP) is 4.20. The lowest BCUT2D eigenvalue weighted by Crippen LogP contribution is -2.17. The third-order valence-corrected chi connectivity index (χ3v) is 5.61. The van der Waals surface area contributed by atoms with Gasteiger partial charge in [-0.25, -0.2) is 4.98 Å². The molecular formula is C26H23N3O4. The summed E-state index contributed by atoms with van der Waals surface area (Å²) in [4.78, 5) is 4.71. The van der Waals surface area contributed by atoms with E-state index in [0.29, 0.717) is 60.4 Å². The van der Waals surface area contributed by atoms with Crippen molar-refractivity contribution in [2.75, 3.05) is 26.4 Å².